The Morgan fingerprint density at radius 2 is 1.33 bits per heavy atom. The van der Waals surface area contributed by atoms with Crippen molar-refractivity contribution in [3.63, 3.8) is 0 Å². The van der Waals surface area contributed by atoms with Gasteiger partial charge in [-0.2, -0.15) is 22.3 Å². The Kier molecular flexibility index (Phi) is 12.0. The SMILES string of the molecule is CC1=[C-]C(C)C(C)=C1C.CC1=[C-]C(C)C(C)=C1C.O=C1O[C@H](CO)[C@H](O)[C@@]1(O)[GeH2].[Zr+2]. The molecular weight excluding hydrogens is 520 g/mol. The zero-order chi connectivity index (χ0) is 22.7. The maximum atomic E-state index is 10.8. The molecule has 0 saturated carbocycles. The predicted octanol–water partition coefficient (Wildman–Crippen LogP) is 2.03. The molecule has 165 valence electrons. The predicted molar refractivity (Wildman–Crippen MR) is 116 cm³/mol. The van der Waals surface area contributed by atoms with Crippen molar-refractivity contribution in [2.24, 2.45) is 11.8 Å². The molecule has 5 nitrogen and oxygen atoms in total. The average Bonchev–Trinajstić information content (AvgIpc) is 3.11. The summed E-state index contributed by atoms with van der Waals surface area (Å²) in [5.41, 5.74) is 8.49. The third kappa shape index (κ3) is 6.87. The van der Waals surface area contributed by atoms with E-state index in [1.165, 1.54) is 33.4 Å². The van der Waals surface area contributed by atoms with E-state index in [9.17, 15) is 9.90 Å². The van der Waals surface area contributed by atoms with E-state index in [0.29, 0.717) is 11.8 Å². The summed E-state index contributed by atoms with van der Waals surface area (Å²) in [5.74, 6) is 0.277. The molecule has 0 spiro atoms. The van der Waals surface area contributed by atoms with Crippen LogP contribution in [-0.4, -0.2) is 61.1 Å². The summed E-state index contributed by atoms with van der Waals surface area (Å²) in [5, 5.41) is 27.0. The van der Waals surface area contributed by atoms with Gasteiger partial charge >= 0.3 is 96.8 Å². The minimum atomic E-state index is -1.76. The van der Waals surface area contributed by atoms with Crippen LogP contribution in [0.3, 0.4) is 0 Å². The molecule has 0 aromatic heterocycles. The summed E-state index contributed by atoms with van der Waals surface area (Å²) in [7, 11) is 0. The Balaban J connectivity index is 0.000000416. The van der Waals surface area contributed by atoms with Gasteiger partial charge in [0.1, 0.15) is 0 Å². The van der Waals surface area contributed by atoms with Crippen molar-refractivity contribution in [2.45, 2.75) is 72.0 Å². The van der Waals surface area contributed by atoms with Crippen LogP contribution < -0.4 is 0 Å². The number of carbonyl (C=O) groups excluding carboxylic acids is 1. The van der Waals surface area contributed by atoms with Crippen molar-refractivity contribution in [3.05, 3.63) is 45.6 Å². The largest absolute Gasteiger partial charge is 2.00 e. The monoisotopic (exact) mass is 555 g/mol. The van der Waals surface area contributed by atoms with Crippen molar-refractivity contribution >= 4 is 22.5 Å². The number of aliphatic hydroxyl groups is 3. The molecule has 3 aliphatic rings. The van der Waals surface area contributed by atoms with E-state index < -0.39 is 29.2 Å². The van der Waals surface area contributed by atoms with Crippen LogP contribution in [0.2, 0.25) is 0 Å². The van der Waals surface area contributed by atoms with Gasteiger partial charge in [-0.25, -0.2) is 11.1 Å². The molecule has 1 radical (unpaired) electrons. The average molecular weight is 555 g/mol. The summed E-state index contributed by atoms with van der Waals surface area (Å²) >= 11 is 0.198. The first-order chi connectivity index (χ1) is 13.2. The van der Waals surface area contributed by atoms with E-state index in [1.54, 1.807) is 0 Å². The van der Waals surface area contributed by atoms with Crippen LogP contribution in [0.25, 0.3) is 0 Å². The van der Waals surface area contributed by atoms with E-state index in [-0.39, 0.29) is 42.7 Å². The molecule has 0 amide bonds. The first-order valence-electron chi connectivity index (χ1n) is 9.89. The summed E-state index contributed by atoms with van der Waals surface area (Å²) in [6.07, 6.45) is 4.45. The number of rotatable bonds is 1. The maximum Gasteiger partial charge on any atom is 2.00 e. The van der Waals surface area contributed by atoms with E-state index in [2.05, 4.69) is 72.3 Å². The van der Waals surface area contributed by atoms with E-state index in [1.807, 2.05) is 0 Å². The van der Waals surface area contributed by atoms with Crippen molar-refractivity contribution in [3.8, 4) is 0 Å². The second kappa shape index (κ2) is 12.1. The van der Waals surface area contributed by atoms with Crippen LogP contribution in [0.4, 0.5) is 0 Å². The molecule has 3 N–H and O–H groups in total. The fraction of sp³-hybridized carbons (Fsp3) is 0.609. The molecule has 2 aliphatic carbocycles. The van der Waals surface area contributed by atoms with E-state index in [0.717, 1.165) is 0 Å². The molecule has 7 heteroatoms. The summed E-state index contributed by atoms with van der Waals surface area (Å²) in [6.45, 7) is 16.9. The van der Waals surface area contributed by atoms with Crippen LogP contribution in [0.15, 0.2) is 33.4 Å². The van der Waals surface area contributed by atoms with Crippen LogP contribution in [0.1, 0.15) is 55.4 Å². The van der Waals surface area contributed by atoms with Gasteiger partial charge in [0.25, 0.3) is 0 Å². The van der Waals surface area contributed by atoms with Crippen LogP contribution in [0, 0.1) is 24.0 Å². The number of hydrogen-bond donors (Lipinski definition) is 3. The fourth-order valence-electron chi connectivity index (χ4n) is 3.19. The van der Waals surface area contributed by atoms with Crippen LogP contribution in [0.5, 0.6) is 0 Å². The molecule has 2 unspecified atom stereocenters. The standard InChI is InChI=1S/2C9H13.C5H9GeO5.Zr/c2*1-6-5-7(2)9(4)8(6)3;6-5(10)3(8)2(1-7)11-4(5)9;/h2*6H,1-4H3;2-3,7-8,10H,1,6H2;/q2*-1;;+2/t;;2-,3+,5+;/m..1./s1. The number of hydrogen-bond acceptors (Lipinski definition) is 5. The topological polar surface area (TPSA) is 87.0 Å². The van der Waals surface area contributed by atoms with Gasteiger partial charge in [-0.1, -0.05) is 53.4 Å². The van der Waals surface area contributed by atoms with Gasteiger partial charge in [0.2, 0.25) is 0 Å². The van der Waals surface area contributed by atoms with Crippen molar-refractivity contribution in [2.75, 3.05) is 6.61 Å². The molecule has 3 rings (SSSR count). The molecular formula is C23H35GeO5Zr. The number of cyclic esters (lactones) is 1. The second-order valence-corrected chi connectivity index (χ2v) is 10.4. The number of carbonyl (C=O) groups is 1. The number of allylic oxidation sites excluding steroid dienone is 8. The molecule has 0 bridgehead atoms. The van der Waals surface area contributed by atoms with Gasteiger partial charge in [-0.05, 0) is 0 Å². The smallest absolute Gasteiger partial charge is 2.00 e. The Hall–Kier alpha value is -0.264. The summed E-state index contributed by atoms with van der Waals surface area (Å²) in [6, 6.07) is 0. The van der Waals surface area contributed by atoms with Gasteiger partial charge in [0.15, 0.2) is 0 Å². The third-order valence-electron chi connectivity index (χ3n) is 6.11. The molecule has 1 heterocycles. The van der Waals surface area contributed by atoms with E-state index in [4.69, 9.17) is 10.2 Å². The Morgan fingerprint density at radius 3 is 1.43 bits per heavy atom. The Bertz CT molecular complexity index is 720. The number of esters is 1. The number of ether oxygens (including phenoxy) is 1. The molecule has 1 saturated heterocycles. The first-order valence-corrected chi connectivity index (χ1v) is 11.4. The minimum Gasteiger partial charge on any atom is 2.00 e. The second-order valence-electron chi connectivity index (χ2n) is 8.09. The zero-order valence-electron chi connectivity index (χ0n) is 19.4. The first kappa shape index (κ1) is 29.7. The van der Waals surface area contributed by atoms with Crippen LogP contribution >= 0.6 is 0 Å². The van der Waals surface area contributed by atoms with Gasteiger partial charge in [-0.3, -0.25) is 12.2 Å². The van der Waals surface area contributed by atoms with Crippen molar-refractivity contribution < 1.29 is 51.1 Å². The molecule has 30 heavy (non-hydrogen) atoms. The van der Waals surface area contributed by atoms with E-state index >= 15 is 0 Å². The molecule has 1 fully saturated rings. The quantitative estimate of drug-likeness (QED) is 0.262. The molecule has 1 aliphatic heterocycles. The molecule has 0 aromatic rings. The van der Waals surface area contributed by atoms with Crippen molar-refractivity contribution in [1.82, 2.24) is 0 Å². The number of aliphatic hydroxyl groups excluding tert-OH is 2. The third-order valence-corrected chi connectivity index (χ3v) is 7.59. The minimum absolute atomic E-state index is 0. The normalized spacial score (nSPS) is 32.5. The maximum absolute atomic E-state index is 10.8. The van der Waals surface area contributed by atoms with Gasteiger partial charge in [0.05, 0.1) is 0 Å². The van der Waals surface area contributed by atoms with Crippen molar-refractivity contribution in [1.29, 1.82) is 0 Å². The van der Waals surface area contributed by atoms with Crippen LogP contribution in [-0.2, 0) is 35.7 Å². The summed E-state index contributed by atoms with van der Waals surface area (Å²) in [4.78, 5) is 10.8. The van der Waals surface area contributed by atoms with Gasteiger partial charge in [0, 0.05) is 0 Å². The zero-order valence-corrected chi connectivity index (χ0v) is 24.8. The molecule has 0 aromatic carbocycles. The molecule has 5 atom stereocenters. The summed E-state index contributed by atoms with van der Waals surface area (Å²) < 4.78 is 2.72. The van der Waals surface area contributed by atoms with Gasteiger partial charge in [-0.15, -0.1) is 13.8 Å². The van der Waals surface area contributed by atoms with Gasteiger partial charge < -0.3 is 0 Å². The Labute approximate surface area is 208 Å². The fourth-order valence-corrected chi connectivity index (χ4v) is 3.92. The Morgan fingerprint density at radius 1 is 0.967 bits per heavy atom.